The molecule has 0 atom stereocenters. The van der Waals surface area contributed by atoms with E-state index in [1.54, 1.807) is 12.1 Å². The van der Waals surface area contributed by atoms with Crippen molar-refractivity contribution in [2.45, 2.75) is 34.6 Å². The number of carbonyl (C=O) groups excluding carboxylic acids is 2. The van der Waals surface area contributed by atoms with Crippen LogP contribution in [0.1, 0.15) is 64.3 Å². The van der Waals surface area contributed by atoms with Crippen LogP contribution in [0.4, 0.5) is 0 Å². The molecule has 2 rings (SSSR count). The van der Waals surface area contributed by atoms with Crippen LogP contribution in [-0.2, 0) is 0 Å². The highest BCUT2D eigenvalue weighted by Gasteiger charge is 2.06. The third kappa shape index (κ3) is 8.63. The van der Waals surface area contributed by atoms with Crippen molar-refractivity contribution in [1.29, 1.82) is 0 Å². The quantitative estimate of drug-likeness (QED) is 0.799. The molecule has 0 saturated carbocycles. The zero-order chi connectivity index (χ0) is 19.0. The average Bonchev–Trinajstić information content (AvgIpc) is 2.66. The first kappa shape index (κ1) is 23.5. The van der Waals surface area contributed by atoms with Crippen LogP contribution in [0.5, 0.6) is 0 Å². The highest BCUT2D eigenvalue weighted by Crippen LogP contribution is 2.05. The van der Waals surface area contributed by atoms with E-state index in [9.17, 15) is 14.4 Å². The van der Waals surface area contributed by atoms with Gasteiger partial charge in [0.15, 0.2) is 6.29 Å². The van der Waals surface area contributed by atoms with Gasteiger partial charge in [0, 0.05) is 11.1 Å². The molecule has 4 heteroatoms. The lowest BCUT2D eigenvalue weighted by Gasteiger charge is -1.95. The lowest BCUT2D eigenvalue weighted by Crippen LogP contribution is -2.00. The second kappa shape index (κ2) is 15.2. The van der Waals surface area contributed by atoms with Gasteiger partial charge in [0.25, 0.3) is 0 Å². The summed E-state index contributed by atoms with van der Waals surface area (Å²) < 4.78 is 0. The molecule has 0 aromatic heterocycles. The Hall–Kier alpha value is -2.75. The van der Waals surface area contributed by atoms with Gasteiger partial charge in [0.1, 0.15) is 6.29 Å². The average molecular weight is 330 g/mol. The van der Waals surface area contributed by atoms with Crippen LogP contribution >= 0.6 is 0 Å². The number of hydrogen-bond acceptors (Lipinski definition) is 3. The SMILES string of the molecule is CC.CC.Cc1ccccc1C=O.O=Cc1ccccc1C(=O)O. The lowest BCUT2D eigenvalue weighted by atomic mass is 10.1. The van der Waals surface area contributed by atoms with Crippen LogP contribution in [-0.4, -0.2) is 23.6 Å². The van der Waals surface area contributed by atoms with Crippen LogP contribution in [0.3, 0.4) is 0 Å². The van der Waals surface area contributed by atoms with Crippen molar-refractivity contribution in [2.75, 3.05) is 0 Å². The number of carbonyl (C=O) groups is 3. The van der Waals surface area contributed by atoms with Crippen molar-refractivity contribution in [2.24, 2.45) is 0 Å². The number of aryl methyl sites for hydroxylation is 1. The molecule has 2 aromatic carbocycles. The van der Waals surface area contributed by atoms with Gasteiger partial charge >= 0.3 is 5.97 Å². The molecule has 24 heavy (non-hydrogen) atoms. The maximum Gasteiger partial charge on any atom is 0.336 e. The van der Waals surface area contributed by atoms with Gasteiger partial charge in [-0.15, -0.1) is 0 Å². The lowest BCUT2D eigenvalue weighted by molar-refractivity contribution is 0.0694. The summed E-state index contributed by atoms with van der Waals surface area (Å²) >= 11 is 0. The normalized spacial score (nSPS) is 8.04. The van der Waals surface area contributed by atoms with E-state index in [0.717, 1.165) is 17.4 Å². The number of carboxylic acid groups (broad SMARTS) is 1. The minimum atomic E-state index is -1.08. The van der Waals surface area contributed by atoms with Gasteiger partial charge in [-0.2, -0.15) is 0 Å². The molecule has 0 amide bonds. The molecule has 0 bridgehead atoms. The van der Waals surface area contributed by atoms with Crippen LogP contribution in [0.15, 0.2) is 48.5 Å². The molecular formula is C20H26O4. The molecule has 2 aromatic rings. The number of rotatable bonds is 3. The molecule has 0 aliphatic heterocycles. The Bertz CT molecular complexity index is 619. The topological polar surface area (TPSA) is 71.4 Å². The highest BCUT2D eigenvalue weighted by molar-refractivity contribution is 5.96. The zero-order valence-corrected chi connectivity index (χ0v) is 14.9. The van der Waals surface area contributed by atoms with Gasteiger partial charge in [-0.05, 0) is 18.6 Å². The van der Waals surface area contributed by atoms with E-state index in [1.165, 1.54) is 12.1 Å². The van der Waals surface area contributed by atoms with Crippen molar-refractivity contribution in [3.63, 3.8) is 0 Å². The second-order valence-electron chi connectivity index (χ2n) is 3.98. The molecule has 130 valence electrons. The summed E-state index contributed by atoms with van der Waals surface area (Å²) in [4.78, 5) is 30.9. The number of aldehydes is 2. The fraction of sp³-hybridized carbons (Fsp3) is 0.250. The van der Waals surface area contributed by atoms with Crippen LogP contribution in [0, 0.1) is 6.92 Å². The maximum absolute atomic E-state index is 10.4. The smallest absolute Gasteiger partial charge is 0.336 e. The fourth-order valence-corrected chi connectivity index (χ4v) is 1.51. The highest BCUT2D eigenvalue weighted by atomic mass is 16.4. The summed E-state index contributed by atoms with van der Waals surface area (Å²) in [5.41, 5.74) is 2.06. The minimum Gasteiger partial charge on any atom is -0.478 e. The van der Waals surface area contributed by atoms with Gasteiger partial charge in [0.05, 0.1) is 5.56 Å². The van der Waals surface area contributed by atoms with Crippen molar-refractivity contribution in [3.8, 4) is 0 Å². The number of benzene rings is 2. The number of hydrogen-bond donors (Lipinski definition) is 1. The molecular weight excluding hydrogens is 304 g/mol. The predicted molar refractivity (Wildman–Crippen MR) is 98.1 cm³/mol. The first-order valence-electron chi connectivity index (χ1n) is 7.88. The van der Waals surface area contributed by atoms with Gasteiger partial charge in [0.2, 0.25) is 0 Å². The molecule has 0 unspecified atom stereocenters. The molecule has 0 heterocycles. The Balaban J connectivity index is 0. The Morgan fingerprint density at radius 3 is 1.54 bits per heavy atom. The first-order valence-corrected chi connectivity index (χ1v) is 7.88. The summed E-state index contributed by atoms with van der Waals surface area (Å²) in [6, 6.07) is 13.6. The molecule has 0 radical (unpaired) electrons. The molecule has 0 saturated heterocycles. The summed E-state index contributed by atoms with van der Waals surface area (Å²) in [7, 11) is 0. The Morgan fingerprint density at radius 1 is 0.792 bits per heavy atom. The number of carboxylic acids is 1. The van der Waals surface area contributed by atoms with Gasteiger partial charge in [-0.25, -0.2) is 4.79 Å². The summed E-state index contributed by atoms with van der Waals surface area (Å²) in [5, 5.41) is 8.54. The molecule has 0 aliphatic rings. The molecule has 0 fully saturated rings. The van der Waals surface area contributed by atoms with E-state index in [1.807, 2.05) is 58.9 Å². The van der Waals surface area contributed by atoms with E-state index in [0.29, 0.717) is 6.29 Å². The molecule has 0 aliphatic carbocycles. The molecule has 4 nitrogen and oxygen atoms in total. The van der Waals surface area contributed by atoms with E-state index in [4.69, 9.17) is 5.11 Å². The Kier molecular flexibility index (Phi) is 14.9. The Morgan fingerprint density at radius 2 is 1.21 bits per heavy atom. The standard InChI is InChI=1S/C8H6O3.C8H8O.2C2H6/c9-5-6-3-1-2-4-7(6)8(10)11;1-7-4-2-3-5-8(7)6-9;2*1-2/h1-5H,(H,10,11);2-6H,1H3;2*1-2H3. The second-order valence-corrected chi connectivity index (χ2v) is 3.98. The molecule has 1 N–H and O–H groups in total. The first-order chi connectivity index (χ1) is 11.6. The van der Waals surface area contributed by atoms with Crippen molar-refractivity contribution in [1.82, 2.24) is 0 Å². The summed E-state index contributed by atoms with van der Waals surface area (Å²) in [6.07, 6.45) is 1.40. The monoisotopic (exact) mass is 330 g/mol. The van der Waals surface area contributed by atoms with Gasteiger partial charge in [-0.1, -0.05) is 70.2 Å². The van der Waals surface area contributed by atoms with Crippen molar-refractivity contribution < 1.29 is 19.5 Å². The summed E-state index contributed by atoms with van der Waals surface area (Å²) in [5.74, 6) is -1.08. The van der Waals surface area contributed by atoms with Gasteiger partial charge in [-0.3, -0.25) is 9.59 Å². The Labute approximate surface area is 144 Å². The number of aromatic carboxylic acids is 1. The fourth-order valence-electron chi connectivity index (χ4n) is 1.51. The summed E-state index contributed by atoms with van der Waals surface area (Å²) in [6.45, 7) is 9.92. The van der Waals surface area contributed by atoms with E-state index >= 15 is 0 Å². The van der Waals surface area contributed by atoms with E-state index < -0.39 is 5.97 Å². The van der Waals surface area contributed by atoms with E-state index in [-0.39, 0.29) is 11.1 Å². The predicted octanol–water partition coefficient (Wildman–Crippen LogP) is 5.06. The zero-order valence-electron chi connectivity index (χ0n) is 14.9. The maximum atomic E-state index is 10.4. The van der Waals surface area contributed by atoms with Crippen molar-refractivity contribution >= 4 is 18.5 Å². The van der Waals surface area contributed by atoms with Gasteiger partial charge < -0.3 is 5.11 Å². The van der Waals surface area contributed by atoms with Crippen LogP contribution < -0.4 is 0 Å². The van der Waals surface area contributed by atoms with Crippen LogP contribution in [0.2, 0.25) is 0 Å². The van der Waals surface area contributed by atoms with Crippen molar-refractivity contribution in [3.05, 3.63) is 70.8 Å². The molecule has 0 spiro atoms. The largest absolute Gasteiger partial charge is 0.478 e. The van der Waals surface area contributed by atoms with Crippen LogP contribution in [0.25, 0.3) is 0 Å². The third-order valence-electron chi connectivity index (χ3n) is 2.63. The van der Waals surface area contributed by atoms with E-state index in [2.05, 4.69) is 0 Å². The minimum absolute atomic E-state index is 0.0440. The third-order valence-corrected chi connectivity index (χ3v) is 2.63.